The van der Waals surface area contributed by atoms with Crippen LogP contribution in [-0.4, -0.2) is 55.6 Å². The maximum atomic E-state index is 12.6. The predicted molar refractivity (Wildman–Crippen MR) is 78.8 cm³/mol. The number of piperidine rings is 1. The molecule has 0 spiro atoms. The zero-order valence-corrected chi connectivity index (χ0v) is 13.0. The van der Waals surface area contributed by atoms with Crippen LogP contribution in [0.1, 0.15) is 33.6 Å². The summed E-state index contributed by atoms with van der Waals surface area (Å²) in [7, 11) is -2.29. The summed E-state index contributed by atoms with van der Waals surface area (Å²) in [5, 5.41) is 0. The molecule has 7 nitrogen and oxygen atoms in total. The number of amides is 2. The quantitative estimate of drug-likeness (QED) is 0.774. The minimum absolute atomic E-state index is 0.0271. The molecule has 2 aliphatic heterocycles. The van der Waals surface area contributed by atoms with Gasteiger partial charge in [0.05, 0.1) is 16.0 Å². The third kappa shape index (κ3) is 2.23. The van der Waals surface area contributed by atoms with Crippen LogP contribution < -0.4 is 5.73 Å². The van der Waals surface area contributed by atoms with Crippen molar-refractivity contribution in [3.63, 3.8) is 0 Å². The number of sulfonamides is 1. The summed E-state index contributed by atoms with van der Waals surface area (Å²) in [5.41, 5.74) is 6.18. The summed E-state index contributed by atoms with van der Waals surface area (Å²) in [6.45, 7) is 0.737. The second-order valence-corrected chi connectivity index (χ2v) is 7.56. The lowest BCUT2D eigenvalue weighted by Gasteiger charge is -2.29. The number of carbonyl (C=O) groups excluding carboxylic acids is 2. The van der Waals surface area contributed by atoms with E-state index in [0.29, 0.717) is 25.9 Å². The van der Waals surface area contributed by atoms with Crippen molar-refractivity contribution in [3.05, 3.63) is 29.3 Å². The van der Waals surface area contributed by atoms with E-state index in [0.717, 1.165) is 4.90 Å². The van der Waals surface area contributed by atoms with E-state index in [-0.39, 0.29) is 22.1 Å². The molecule has 3 rings (SSSR count). The first-order chi connectivity index (χ1) is 10.3. The summed E-state index contributed by atoms with van der Waals surface area (Å²) in [5.74, 6) is -0.884. The Morgan fingerprint density at radius 1 is 1.09 bits per heavy atom. The Morgan fingerprint density at radius 2 is 1.68 bits per heavy atom. The largest absolute Gasteiger partial charge is 0.328 e. The number of imide groups is 1. The van der Waals surface area contributed by atoms with E-state index in [1.807, 2.05) is 0 Å². The smallest absolute Gasteiger partial charge is 0.261 e. The Kier molecular flexibility index (Phi) is 3.54. The van der Waals surface area contributed by atoms with Gasteiger partial charge in [0.1, 0.15) is 0 Å². The fourth-order valence-electron chi connectivity index (χ4n) is 2.77. The topological polar surface area (TPSA) is 101 Å². The molecule has 22 heavy (non-hydrogen) atoms. The molecule has 1 aromatic carbocycles. The van der Waals surface area contributed by atoms with Gasteiger partial charge in [0.25, 0.3) is 11.8 Å². The number of hydrogen-bond acceptors (Lipinski definition) is 5. The van der Waals surface area contributed by atoms with E-state index in [1.165, 1.54) is 29.6 Å². The summed E-state index contributed by atoms with van der Waals surface area (Å²) < 4.78 is 26.7. The summed E-state index contributed by atoms with van der Waals surface area (Å²) >= 11 is 0. The number of fused-ring (bicyclic) bond motifs is 1. The van der Waals surface area contributed by atoms with Crippen molar-refractivity contribution in [1.82, 2.24) is 9.21 Å². The first kappa shape index (κ1) is 15.1. The van der Waals surface area contributed by atoms with Crippen molar-refractivity contribution < 1.29 is 18.0 Å². The average Bonchev–Trinajstić information content (AvgIpc) is 2.72. The monoisotopic (exact) mass is 323 g/mol. The van der Waals surface area contributed by atoms with Crippen LogP contribution in [0.5, 0.6) is 0 Å². The van der Waals surface area contributed by atoms with E-state index in [2.05, 4.69) is 0 Å². The molecule has 0 aromatic heterocycles. The van der Waals surface area contributed by atoms with Gasteiger partial charge in [0.2, 0.25) is 10.0 Å². The van der Waals surface area contributed by atoms with Gasteiger partial charge in [-0.05, 0) is 31.0 Å². The van der Waals surface area contributed by atoms with E-state index < -0.39 is 21.8 Å². The molecule has 1 saturated heterocycles. The van der Waals surface area contributed by atoms with Gasteiger partial charge < -0.3 is 5.73 Å². The maximum Gasteiger partial charge on any atom is 0.261 e. The first-order valence-electron chi connectivity index (χ1n) is 7.04. The van der Waals surface area contributed by atoms with Gasteiger partial charge >= 0.3 is 0 Å². The van der Waals surface area contributed by atoms with Gasteiger partial charge in [-0.3, -0.25) is 14.5 Å². The number of benzene rings is 1. The van der Waals surface area contributed by atoms with Crippen LogP contribution in [0.15, 0.2) is 23.1 Å². The van der Waals surface area contributed by atoms with Gasteiger partial charge in [0.15, 0.2) is 0 Å². The Hall–Kier alpha value is -1.77. The number of nitrogens with two attached hydrogens (primary N) is 1. The molecule has 1 fully saturated rings. The average molecular weight is 323 g/mol. The molecular weight excluding hydrogens is 306 g/mol. The Balaban J connectivity index is 1.97. The van der Waals surface area contributed by atoms with Gasteiger partial charge in [-0.2, -0.15) is 4.31 Å². The molecule has 1 aromatic rings. The normalized spacial score (nSPS) is 20.5. The lowest BCUT2D eigenvalue weighted by atomic mass is 10.1. The fourth-order valence-corrected chi connectivity index (χ4v) is 4.26. The van der Waals surface area contributed by atoms with Crippen LogP contribution in [0, 0.1) is 0 Å². The van der Waals surface area contributed by atoms with Gasteiger partial charge in [-0.1, -0.05) is 0 Å². The molecule has 0 aliphatic carbocycles. The van der Waals surface area contributed by atoms with E-state index >= 15 is 0 Å². The highest BCUT2D eigenvalue weighted by Gasteiger charge is 2.35. The number of hydrogen-bond donors (Lipinski definition) is 1. The molecule has 2 aliphatic rings. The highest BCUT2D eigenvalue weighted by molar-refractivity contribution is 7.89. The molecule has 2 heterocycles. The molecule has 0 saturated carbocycles. The van der Waals surface area contributed by atoms with Crippen LogP contribution in [-0.2, 0) is 10.0 Å². The molecule has 118 valence electrons. The maximum absolute atomic E-state index is 12.6. The van der Waals surface area contributed by atoms with Crippen molar-refractivity contribution in [2.45, 2.75) is 23.8 Å². The molecule has 0 atom stereocenters. The van der Waals surface area contributed by atoms with Gasteiger partial charge in [0, 0.05) is 26.2 Å². The second-order valence-electron chi connectivity index (χ2n) is 5.62. The molecule has 8 heteroatoms. The Labute approximate surface area is 128 Å². The third-order valence-corrected chi connectivity index (χ3v) is 6.09. The number of carbonyl (C=O) groups is 2. The Bertz CT molecular complexity index is 751. The zero-order chi connectivity index (χ0) is 16.1. The van der Waals surface area contributed by atoms with Crippen molar-refractivity contribution in [2.24, 2.45) is 5.73 Å². The second kappa shape index (κ2) is 5.15. The predicted octanol–water partition coefficient (Wildman–Crippen LogP) is 0.0242. The number of nitrogens with zero attached hydrogens (tertiary/aromatic N) is 2. The zero-order valence-electron chi connectivity index (χ0n) is 12.2. The van der Waals surface area contributed by atoms with Crippen molar-refractivity contribution >= 4 is 21.8 Å². The summed E-state index contributed by atoms with van der Waals surface area (Å²) in [6.07, 6.45) is 1.23. The lowest BCUT2D eigenvalue weighted by molar-refractivity contribution is 0.0693. The minimum Gasteiger partial charge on any atom is -0.328 e. The summed E-state index contributed by atoms with van der Waals surface area (Å²) in [6, 6.07) is 4.11. The van der Waals surface area contributed by atoms with Crippen LogP contribution >= 0.6 is 0 Å². The van der Waals surface area contributed by atoms with Crippen molar-refractivity contribution in [1.29, 1.82) is 0 Å². The SMILES string of the molecule is CN1C(=O)c2ccc(S(=O)(=O)N3CCC(N)CC3)cc2C1=O. The van der Waals surface area contributed by atoms with Crippen LogP contribution in [0.4, 0.5) is 0 Å². The molecule has 0 unspecified atom stereocenters. The lowest BCUT2D eigenvalue weighted by Crippen LogP contribution is -2.42. The molecule has 0 radical (unpaired) electrons. The summed E-state index contributed by atoms with van der Waals surface area (Å²) in [4.78, 5) is 24.8. The molecule has 2 N–H and O–H groups in total. The third-order valence-electron chi connectivity index (χ3n) is 4.20. The minimum atomic E-state index is -3.67. The standard InChI is InChI=1S/C14H17N3O4S/c1-16-13(18)11-3-2-10(8-12(11)14(16)19)22(20,21)17-6-4-9(15)5-7-17/h2-3,8-9H,4-7,15H2,1H3. The van der Waals surface area contributed by atoms with E-state index in [4.69, 9.17) is 5.73 Å². The van der Waals surface area contributed by atoms with Crippen LogP contribution in [0.25, 0.3) is 0 Å². The Morgan fingerprint density at radius 3 is 2.32 bits per heavy atom. The van der Waals surface area contributed by atoms with Gasteiger partial charge in [-0.25, -0.2) is 8.42 Å². The highest BCUT2D eigenvalue weighted by Crippen LogP contribution is 2.27. The van der Waals surface area contributed by atoms with E-state index in [1.54, 1.807) is 0 Å². The number of rotatable bonds is 2. The van der Waals surface area contributed by atoms with E-state index in [9.17, 15) is 18.0 Å². The van der Waals surface area contributed by atoms with Crippen molar-refractivity contribution in [2.75, 3.05) is 20.1 Å². The van der Waals surface area contributed by atoms with Gasteiger partial charge in [-0.15, -0.1) is 0 Å². The molecular formula is C14H17N3O4S. The first-order valence-corrected chi connectivity index (χ1v) is 8.48. The van der Waals surface area contributed by atoms with Crippen LogP contribution in [0.3, 0.4) is 0 Å². The van der Waals surface area contributed by atoms with Crippen LogP contribution in [0.2, 0.25) is 0 Å². The highest BCUT2D eigenvalue weighted by atomic mass is 32.2. The molecule has 2 amide bonds. The molecule has 0 bridgehead atoms. The van der Waals surface area contributed by atoms with Crippen molar-refractivity contribution in [3.8, 4) is 0 Å². The fraction of sp³-hybridized carbons (Fsp3) is 0.429.